The standard InChI is InChI=1S/C10H21NO2S2/c1-7(2)9(14)10(12)11-8(3)5-6-15(4)13/h7-9,14H,5-6H2,1-4H3,(H,11,12). The lowest BCUT2D eigenvalue weighted by molar-refractivity contribution is -0.121. The van der Waals surface area contributed by atoms with Gasteiger partial charge in [-0.15, -0.1) is 0 Å². The van der Waals surface area contributed by atoms with Crippen LogP contribution in [0.15, 0.2) is 0 Å². The second kappa shape index (κ2) is 7.28. The Morgan fingerprint density at radius 3 is 2.33 bits per heavy atom. The van der Waals surface area contributed by atoms with Crippen molar-refractivity contribution >= 4 is 29.3 Å². The summed E-state index contributed by atoms with van der Waals surface area (Å²) in [6.07, 6.45) is 2.41. The molecule has 0 aliphatic rings. The van der Waals surface area contributed by atoms with E-state index in [4.69, 9.17) is 0 Å². The van der Waals surface area contributed by atoms with E-state index in [1.165, 1.54) is 0 Å². The van der Waals surface area contributed by atoms with Crippen molar-refractivity contribution in [2.75, 3.05) is 12.0 Å². The van der Waals surface area contributed by atoms with E-state index in [1.54, 1.807) is 6.26 Å². The van der Waals surface area contributed by atoms with Gasteiger partial charge in [-0.3, -0.25) is 9.00 Å². The lowest BCUT2D eigenvalue weighted by Crippen LogP contribution is -2.40. The summed E-state index contributed by atoms with van der Waals surface area (Å²) in [7, 11) is -0.791. The average molecular weight is 251 g/mol. The fourth-order valence-corrected chi connectivity index (χ4v) is 1.81. The van der Waals surface area contributed by atoms with E-state index in [0.717, 1.165) is 6.42 Å². The van der Waals surface area contributed by atoms with E-state index < -0.39 is 10.8 Å². The molecule has 0 saturated carbocycles. The van der Waals surface area contributed by atoms with Crippen molar-refractivity contribution in [2.24, 2.45) is 5.92 Å². The van der Waals surface area contributed by atoms with Crippen LogP contribution in [0.5, 0.6) is 0 Å². The molecule has 0 heterocycles. The van der Waals surface area contributed by atoms with Gasteiger partial charge in [0.05, 0.1) is 5.25 Å². The summed E-state index contributed by atoms with van der Waals surface area (Å²) in [5.41, 5.74) is 0. The topological polar surface area (TPSA) is 46.2 Å². The number of carbonyl (C=O) groups excluding carboxylic acids is 1. The molecule has 0 aliphatic carbocycles. The molecule has 90 valence electrons. The van der Waals surface area contributed by atoms with E-state index in [9.17, 15) is 9.00 Å². The maximum atomic E-state index is 11.6. The van der Waals surface area contributed by atoms with Crippen LogP contribution in [0, 0.1) is 5.92 Å². The van der Waals surface area contributed by atoms with Crippen LogP contribution < -0.4 is 5.32 Å². The van der Waals surface area contributed by atoms with Crippen LogP contribution in [0.25, 0.3) is 0 Å². The maximum Gasteiger partial charge on any atom is 0.233 e. The third-order valence-corrected chi connectivity index (χ3v) is 3.77. The quantitative estimate of drug-likeness (QED) is 0.697. The molecule has 0 radical (unpaired) electrons. The SMILES string of the molecule is CC(CCS(C)=O)NC(=O)C(S)C(C)C. The van der Waals surface area contributed by atoms with Crippen LogP contribution in [0.1, 0.15) is 27.2 Å². The Morgan fingerprint density at radius 2 is 1.93 bits per heavy atom. The molecule has 0 aliphatic heterocycles. The van der Waals surface area contributed by atoms with E-state index in [-0.39, 0.29) is 23.1 Å². The molecule has 3 nitrogen and oxygen atoms in total. The summed E-state index contributed by atoms with van der Waals surface area (Å²) in [6, 6.07) is 0.0646. The summed E-state index contributed by atoms with van der Waals surface area (Å²) in [6.45, 7) is 5.84. The molecular formula is C10H21NO2S2. The summed E-state index contributed by atoms with van der Waals surface area (Å²) < 4.78 is 10.9. The minimum Gasteiger partial charge on any atom is -0.353 e. The zero-order chi connectivity index (χ0) is 12.0. The number of hydrogen-bond acceptors (Lipinski definition) is 3. The Labute approximate surface area is 100 Å². The Bertz CT molecular complexity index is 231. The number of nitrogens with one attached hydrogen (secondary N) is 1. The third-order valence-electron chi connectivity index (χ3n) is 2.13. The Morgan fingerprint density at radius 1 is 1.40 bits per heavy atom. The second-order valence-electron chi connectivity index (χ2n) is 4.16. The van der Waals surface area contributed by atoms with E-state index >= 15 is 0 Å². The molecule has 5 heteroatoms. The van der Waals surface area contributed by atoms with Gasteiger partial charge in [-0.25, -0.2) is 0 Å². The predicted octanol–water partition coefficient (Wildman–Crippen LogP) is 1.21. The molecule has 3 atom stereocenters. The fourth-order valence-electron chi connectivity index (χ4n) is 1.05. The highest BCUT2D eigenvalue weighted by atomic mass is 32.2. The van der Waals surface area contributed by atoms with Crippen molar-refractivity contribution in [1.29, 1.82) is 0 Å². The first-order valence-electron chi connectivity index (χ1n) is 5.13. The smallest absolute Gasteiger partial charge is 0.233 e. The van der Waals surface area contributed by atoms with Gasteiger partial charge in [-0.1, -0.05) is 13.8 Å². The van der Waals surface area contributed by atoms with Crippen LogP contribution in [0.3, 0.4) is 0 Å². The van der Waals surface area contributed by atoms with Crippen LogP contribution in [-0.4, -0.2) is 33.4 Å². The molecular weight excluding hydrogens is 230 g/mol. The number of thiol groups is 1. The molecule has 0 saturated heterocycles. The van der Waals surface area contributed by atoms with Gasteiger partial charge in [0.25, 0.3) is 0 Å². The summed E-state index contributed by atoms with van der Waals surface area (Å²) in [4.78, 5) is 11.6. The Balaban J connectivity index is 3.90. The van der Waals surface area contributed by atoms with Crippen molar-refractivity contribution < 1.29 is 9.00 Å². The Kier molecular flexibility index (Phi) is 7.26. The van der Waals surface area contributed by atoms with Gasteiger partial charge in [0.1, 0.15) is 0 Å². The first-order valence-corrected chi connectivity index (χ1v) is 7.37. The molecule has 0 aromatic carbocycles. The van der Waals surface area contributed by atoms with Gasteiger partial charge in [-0.2, -0.15) is 12.6 Å². The monoisotopic (exact) mass is 251 g/mol. The molecule has 0 aromatic heterocycles. The molecule has 1 N–H and O–H groups in total. The van der Waals surface area contributed by atoms with Gasteiger partial charge < -0.3 is 5.32 Å². The molecule has 0 spiro atoms. The number of carbonyl (C=O) groups is 1. The highest BCUT2D eigenvalue weighted by Gasteiger charge is 2.18. The van der Waals surface area contributed by atoms with Crippen LogP contribution in [0.2, 0.25) is 0 Å². The van der Waals surface area contributed by atoms with Crippen LogP contribution >= 0.6 is 12.6 Å². The van der Waals surface area contributed by atoms with Gasteiger partial charge in [0.15, 0.2) is 0 Å². The van der Waals surface area contributed by atoms with Gasteiger partial charge in [0.2, 0.25) is 5.91 Å². The van der Waals surface area contributed by atoms with Crippen molar-refractivity contribution in [1.82, 2.24) is 5.32 Å². The minimum atomic E-state index is -0.791. The summed E-state index contributed by atoms with van der Waals surface area (Å²) >= 11 is 4.23. The summed E-state index contributed by atoms with van der Waals surface area (Å²) in [5.74, 6) is 0.809. The van der Waals surface area contributed by atoms with Crippen molar-refractivity contribution in [3.05, 3.63) is 0 Å². The fraction of sp³-hybridized carbons (Fsp3) is 0.900. The third kappa shape index (κ3) is 6.95. The first-order chi connectivity index (χ1) is 6.84. The minimum absolute atomic E-state index is 0.0391. The lowest BCUT2D eigenvalue weighted by Gasteiger charge is -2.18. The molecule has 1 amide bonds. The molecule has 3 unspecified atom stereocenters. The molecule has 15 heavy (non-hydrogen) atoms. The Hall–Kier alpha value is -0.0300. The molecule has 0 aromatic rings. The van der Waals surface area contributed by atoms with Crippen LogP contribution in [0.4, 0.5) is 0 Å². The van der Waals surface area contributed by atoms with Gasteiger partial charge in [0, 0.05) is 28.9 Å². The largest absolute Gasteiger partial charge is 0.353 e. The van der Waals surface area contributed by atoms with E-state index in [2.05, 4.69) is 17.9 Å². The van der Waals surface area contributed by atoms with Crippen molar-refractivity contribution in [2.45, 2.75) is 38.5 Å². The second-order valence-corrected chi connectivity index (χ2v) is 6.28. The normalized spacial score (nSPS) is 17.2. The maximum absolute atomic E-state index is 11.6. The number of rotatable bonds is 6. The predicted molar refractivity (Wildman–Crippen MR) is 68.8 cm³/mol. The lowest BCUT2D eigenvalue weighted by atomic mass is 10.1. The molecule has 0 rings (SSSR count). The first kappa shape index (κ1) is 15.0. The van der Waals surface area contributed by atoms with Gasteiger partial charge >= 0.3 is 0 Å². The number of hydrogen-bond donors (Lipinski definition) is 2. The van der Waals surface area contributed by atoms with Crippen molar-refractivity contribution in [3.63, 3.8) is 0 Å². The van der Waals surface area contributed by atoms with Crippen molar-refractivity contribution in [3.8, 4) is 0 Å². The van der Waals surface area contributed by atoms with Gasteiger partial charge in [-0.05, 0) is 19.3 Å². The molecule has 0 fully saturated rings. The highest BCUT2D eigenvalue weighted by Crippen LogP contribution is 2.09. The van der Waals surface area contributed by atoms with E-state index in [1.807, 2.05) is 20.8 Å². The highest BCUT2D eigenvalue weighted by molar-refractivity contribution is 7.84. The zero-order valence-corrected chi connectivity index (χ0v) is 11.5. The summed E-state index contributed by atoms with van der Waals surface area (Å²) in [5, 5.41) is 2.60. The number of amides is 1. The zero-order valence-electron chi connectivity index (χ0n) is 9.82. The average Bonchev–Trinajstić information content (AvgIpc) is 2.13. The van der Waals surface area contributed by atoms with E-state index in [0.29, 0.717) is 5.75 Å². The molecule has 0 bridgehead atoms. The van der Waals surface area contributed by atoms with Crippen LogP contribution in [-0.2, 0) is 15.6 Å².